The molecule has 7 heteroatoms. The van der Waals surface area contributed by atoms with Crippen molar-refractivity contribution in [1.29, 1.82) is 0 Å². The summed E-state index contributed by atoms with van der Waals surface area (Å²) < 4.78 is 11.7. The third kappa shape index (κ3) is 7.30. The van der Waals surface area contributed by atoms with Crippen LogP contribution in [-0.4, -0.2) is 28.6 Å². The first kappa shape index (κ1) is 24.3. The van der Waals surface area contributed by atoms with Crippen LogP contribution in [0.3, 0.4) is 0 Å². The lowest BCUT2D eigenvalue weighted by Gasteiger charge is -2.21. The Morgan fingerprint density at radius 2 is 1.69 bits per heavy atom. The minimum absolute atomic E-state index is 0.0448. The van der Waals surface area contributed by atoms with Crippen molar-refractivity contribution in [2.75, 3.05) is 11.9 Å². The SMILES string of the molecule is O=C(Cc1ccc(Oc2ccc(OCCC3CCCCC3)cc2)nc1)Nc1ccccc1C(=O)O. The number of hydrogen-bond donors (Lipinski definition) is 2. The van der Waals surface area contributed by atoms with Gasteiger partial charge in [-0.1, -0.05) is 50.3 Å². The number of aromatic nitrogens is 1. The quantitative estimate of drug-likeness (QED) is 0.368. The van der Waals surface area contributed by atoms with Gasteiger partial charge in [0.1, 0.15) is 11.5 Å². The number of carboxylic acid groups (broad SMARTS) is 1. The summed E-state index contributed by atoms with van der Waals surface area (Å²) in [6, 6.07) is 17.2. The van der Waals surface area contributed by atoms with Crippen molar-refractivity contribution in [3.05, 3.63) is 78.0 Å². The number of benzene rings is 2. The number of nitrogens with zero attached hydrogens (tertiary/aromatic N) is 1. The highest BCUT2D eigenvalue weighted by Crippen LogP contribution is 2.27. The molecule has 0 aliphatic heterocycles. The monoisotopic (exact) mass is 474 g/mol. The normalized spacial score (nSPS) is 13.7. The smallest absolute Gasteiger partial charge is 0.337 e. The summed E-state index contributed by atoms with van der Waals surface area (Å²) in [7, 11) is 0. The molecule has 35 heavy (non-hydrogen) atoms. The van der Waals surface area contributed by atoms with E-state index in [-0.39, 0.29) is 23.6 Å². The van der Waals surface area contributed by atoms with Gasteiger partial charge in [-0.15, -0.1) is 0 Å². The number of para-hydroxylation sites is 1. The zero-order valence-electron chi connectivity index (χ0n) is 19.6. The third-order valence-corrected chi connectivity index (χ3v) is 6.16. The molecule has 1 aliphatic carbocycles. The molecule has 182 valence electrons. The van der Waals surface area contributed by atoms with Crippen LogP contribution < -0.4 is 14.8 Å². The van der Waals surface area contributed by atoms with Crippen LogP contribution in [0.25, 0.3) is 0 Å². The number of hydrogen-bond acceptors (Lipinski definition) is 5. The van der Waals surface area contributed by atoms with Crippen LogP contribution in [0.15, 0.2) is 66.9 Å². The lowest BCUT2D eigenvalue weighted by Crippen LogP contribution is -2.16. The summed E-state index contributed by atoms with van der Waals surface area (Å²) in [5.41, 5.74) is 0.993. The molecule has 2 N–H and O–H groups in total. The van der Waals surface area contributed by atoms with Crippen molar-refractivity contribution >= 4 is 17.6 Å². The van der Waals surface area contributed by atoms with Crippen molar-refractivity contribution < 1.29 is 24.2 Å². The van der Waals surface area contributed by atoms with Crippen LogP contribution in [0.1, 0.15) is 54.4 Å². The van der Waals surface area contributed by atoms with Crippen LogP contribution in [0, 0.1) is 5.92 Å². The van der Waals surface area contributed by atoms with Gasteiger partial charge in [0.25, 0.3) is 0 Å². The van der Waals surface area contributed by atoms with Gasteiger partial charge in [-0.25, -0.2) is 9.78 Å². The maximum absolute atomic E-state index is 12.4. The molecule has 0 atom stereocenters. The molecule has 0 unspecified atom stereocenters. The fourth-order valence-corrected chi connectivity index (χ4v) is 4.28. The zero-order valence-corrected chi connectivity index (χ0v) is 19.6. The highest BCUT2D eigenvalue weighted by Gasteiger charge is 2.14. The maximum Gasteiger partial charge on any atom is 0.337 e. The van der Waals surface area contributed by atoms with Gasteiger partial charge in [-0.3, -0.25) is 4.79 Å². The molecule has 1 amide bonds. The number of anilines is 1. The van der Waals surface area contributed by atoms with Gasteiger partial charge in [0.15, 0.2) is 0 Å². The van der Waals surface area contributed by atoms with Crippen LogP contribution >= 0.6 is 0 Å². The molecule has 3 aromatic rings. The molecular weight excluding hydrogens is 444 g/mol. The van der Waals surface area contributed by atoms with Crippen molar-refractivity contribution in [3.63, 3.8) is 0 Å². The largest absolute Gasteiger partial charge is 0.494 e. The summed E-state index contributed by atoms with van der Waals surface area (Å²) in [4.78, 5) is 27.9. The average Bonchev–Trinajstić information content (AvgIpc) is 2.87. The summed E-state index contributed by atoms with van der Waals surface area (Å²) in [6.45, 7) is 0.739. The van der Waals surface area contributed by atoms with Gasteiger partial charge >= 0.3 is 5.97 Å². The van der Waals surface area contributed by atoms with E-state index >= 15 is 0 Å². The van der Waals surface area contributed by atoms with Crippen molar-refractivity contribution in [1.82, 2.24) is 4.98 Å². The number of amides is 1. The fourth-order valence-electron chi connectivity index (χ4n) is 4.28. The summed E-state index contributed by atoms with van der Waals surface area (Å²) in [5, 5.41) is 11.9. The van der Waals surface area contributed by atoms with Gasteiger partial charge in [-0.2, -0.15) is 0 Å². The second-order valence-electron chi connectivity index (χ2n) is 8.80. The Morgan fingerprint density at radius 3 is 2.40 bits per heavy atom. The third-order valence-electron chi connectivity index (χ3n) is 6.16. The number of ether oxygens (including phenoxy) is 2. The highest BCUT2D eigenvalue weighted by molar-refractivity contribution is 6.00. The summed E-state index contributed by atoms with van der Waals surface area (Å²) >= 11 is 0. The van der Waals surface area contributed by atoms with Crippen LogP contribution in [-0.2, 0) is 11.2 Å². The van der Waals surface area contributed by atoms with E-state index in [4.69, 9.17) is 9.47 Å². The molecule has 1 saturated carbocycles. The van der Waals surface area contributed by atoms with Gasteiger partial charge < -0.3 is 19.9 Å². The average molecular weight is 475 g/mol. The van der Waals surface area contributed by atoms with E-state index in [1.165, 1.54) is 38.2 Å². The lowest BCUT2D eigenvalue weighted by atomic mass is 9.87. The van der Waals surface area contributed by atoms with Crippen molar-refractivity contribution in [2.45, 2.75) is 44.9 Å². The molecule has 1 aromatic heterocycles. The van der Waals surface area contributed by atoms with Crippen molar-refractivity contribution in [2.24, 2.45) is 5.92 Å². The summed E-state index contributed by atoms with van der Waals surface area (Å²) in [6.07, 6.45) is 9.46. The van der Waals surface area contributed by atoms with Crippen LogP contribution in [0.5, 0.6) is 17.4 Å². The second-order valence-corrected chi connectivity index (χ2v) is 8.80. The Bertz CT molecular complexity index is 1120. The molecule has 1 aliphatic rings. The summed E-state index contributed by atoms with van der Waals surface area (Å²) in [5.74, 6) is 1.26. The Morgan fingerprint density at radius 1 is 0.943 bits per heavy atom. The van der Waals surface area contributed by atoms with Crippen LogP contribution in [0.2, 0.25) is 0 Å². The standard InChI is InChI=1S/C28H30N2O5/c31-26(30-25-9-5-4-8-24(25)28(32)33)18-21-10-15-27(29-19-21)35-23-13-11-22(12-14-23)34-17-16-20-6-2-1-3-7-20/h4-5,8-15,19-20H,1-3,6-7,16-18H2,(H,30,31)(H,32,33). The number of rotatable bonds is 10. The molecule has 0 radical (unpaired) electrons. The first-order valence-corrected chi connectivity index (χ1v) is 12.0. The van der Waals surface area contributed by atoms with E-state index in [9.17, 15) is 14.7 Å². The minimum Gasteiger partial charge on any atom is -0.494 e. The van der Waals surface area contributed by atoms with Gasteiger partial charge in [0.05, 0.1) is 24.3 Å². The number of nitrogens with one attached hydrogen (secondary N) is 1. The zero-order chi connectivity index (χ0) is 24.5. The molecule has 7 nitrogen and oxygen atoms in total. The molecule has 1 heterocycles. The molecule has 0 bridgehead atoms. The Hall–Kier alpha value is -3.87. The molecule has 2 aromatic carbocycles. The molecule has 0 saturated heterocycles. The lowest BCUT2D eigenvalue weighted by molar-refractivity contribution is -0.115. The molecule has 0 spiro atoms. The molecule has 1 fully saturated rings. The van der Waals surface area contributed by atoms with Crippen LogP contribution in [0.4, 0.5) is 5.69 Å². The fraction of sp³-hybridized carbons (Fsp3) is 0.321. The first-order valence-electron chi connectivity index (χ1n) is 12.0. The number of carbonyl (C=O) groups excluding carboxylic acids is 1. The Balaban J connectivity index is 1.24. The van der Waals surface area contributed by atoms with E-state index in [0.29, 0.717) is 17.2 Å². The molecule has 4 rings (SSSR count). The number of pyridine rings is 1. The van der Waals surface area contributed by atoms with Gasteiger partial charge in [-0.05, 0) is 54.3 Å². The minimum atomic E-state index is -1.09. The van der Waals surface area contributed by atoms with E-state index in [1.807, 2.05) is 24.3 Å². The number of carbonyl (C=O) groups is 2. The Labute approximate surface area is 205 Å². The number of aromatic carboxylic acids is 1. The maximum atomic E-state index is 12.4. The Kier molecular flexibility index (Phi) is 8.33. The van der Waals surface area contributed by atoms with E-state index in [2.05, 4.69) is 10.3 Å². The van der Waals surface area contributed by atoms with E-state index in [0.717, 1.165) is 24.7 Å². The predicted molar refractivity (Wildman–Crippen MR) is 133 cm³/mol. The van der Waals surface area contributed by atoms with Crippen molar-refractivity contribution in [3.8, 4) is 17.4 Å². The second kappa shape index (κ2) is 12.0. The first-order chi connectivity index (χ1) is 17.1. The molecular formula is C28H30N2O5. The predicted octanol–water partition coefficient (Wildman–Crippen LogP) is 6.10. The van der Waals surface area contributed by atoms with Gasteiger partial charge in [0, 0.05) is 12.3 Å². The van der Waals surface area contributed by atoms with Gasteiger partial charge in [0.2, 0.25) is 11.8 Å². The topological polar surface area (TPSA) is 97.8 Å². The highest BCUT2D eigenvalue weighted by atomic mass is 16.5. The number of carboxylic acids is 1. The van der Waals surface area contributed by atoms with E-state index in [1.54, 1.807) is 36.5 Å². The van der Waals surface area contributed by atoms with E-state index < -0.39 is 5.97 Å².